The maximum atomic E-state index is 5.61. The second-order valence-corrected chi connectivity index (χ2v) is 2.95. The minimum Gasteiger partial charge on any atom is -0.472 e. The first-order valence-corrected chi connectivity index (χ1v) is 4.27. The maximum Gasteiger partial charge on any atom is 0.177 e. The molecule has 0 N–H and O–H groups in total. The van der Waals surface area contributed by atoms with Crippen molar-refractivity contribution in [2.24, 2.45) is 0 Å². The van der Waals surface area contributed by atoms with Gasteiger partial charge >= 0.3 is 0 Å². The Morgan fingerprint density at radius 1 is 1.54 bits per heavy atom. The fraction of sp³-hybridized carbons (Fsp3) is 0.400. The van der Waals surface area contributed by atoms with Crippen LogP contribution in [-0.2, 0) is 9.47 Å². The third kappa shape index (κ3) is 1.82. The summed E-state index contributed by atoms with van der Waals surface area (Å²) in [6, 6.07) is 1.91. The first-order chi connectivity index (χ1) is 6.40. The van der Waals surface area contributed by atoms with E-state index < -0.39 is 0 Å². The summed E-state index contributed by atoms with van der Waals surface area (Å²) in [4.78, 5) is 0. The van der Waals surface area contributed by atoms with Crippen LogP contribution in [-0.4, -0.2) is 13.4 Å². The highest BCUT2D eigenvalue weighted by Crippen LogP contribution is 2.27. The van der Waals surface area contributed by atoms with Gasteiger partial charge in [0, 0.05) is 12.7 Å². The molecule has 0 fully saturated rings. The van der Waals surface area contributed by atoms with Gasteiger partial charge in [0.15, 0.2) is 6.29 Å². The van der Waals surface area contributed by atoms with E-state index in [4.69, 9.17) is 13.9 Å². The van der Waals surface area contributed by atoms with Gasteiger partial charge in [0.25, 0.3) is 0 Å². The molecule has 2 heterocycles. The Morgan fingerprint density at radius 3 is 3.15 bits per heavy atom. The molecule has 1 aromatic heterocycles. The van der Waals surface area contributed by atoms with Crippen LogP contribution in [0.1, 0.15) is 18.1 Å². The van der Waals surface area contributed by atoms with Gasteiger partial charge in [-0.15, -0.1) is 0 Å². The van der Waals surface area contributed by atoms with Gasteiger partial charge in [-0.3, -0.25) is 0 Å². The maximum absolute atomic E-state index is 5.61. The van der Waals surface area contributed by atoms with E-state index >= 15 is 0 Å². The molecule has 1 aliphatic heterocycles. The molecule has 70 valence electrons. The summed E-state index contributed by atoms with van der Waals surface area (Å²) >= 11 is 0. The molecule has 1 aliphatic rings. The van der Waals surface area contributed by atoms with Crippen LogP contribution < -0.4 is 0 Å². The van der Waals surface area contributed by atoms with Crippen LogP contribution in [0.4, 0.5) is 0 Å². The molecule has 0 radical (unpaired) electrons. The van der Waals surface area contributed by atoms with E-state index in [9.17, 15) is 0 Å². The summed E-state index contributed by atoms with van der Waals surface area (Å²) in [6.07, 6.45) is 8.04. The first-order valence-electron chi connectivity index (χ1n) is 4.27. The van der Waals surface area contributed by atoms with Crippen LogP contribution in [0.15, 0.2) is 35.2 Å². The van der Waals surface area contributed by atoms with Gasteiger partial charge in [0.05, 0.1) is 18.6 Å². The van der Waals surface area contributed by atoms with Crippen molar-refractivity contribution in [1.29, 1.82) is 0 Å². The first kappa shape index (κ1) is 8.53. The number of rotatable bonds is 2. The van der Waals surface area contributed by atoms with E-state index in [1.165, 1.54) is 0 Å². The molecular formula is C10H12O3. The SMILES string of the molecule is COC1C=CC[C@@H](c2ccoc2)O1. The van der Waals surface area contributed by atoms with E-state index in [1.807, 2.05) is 12.1 Å². The van der Waals surface area contributed by atoms with Crippen molar-refractivity contribution < 1.29 is 13.9 Å². The van der Waals surface area contributed by atoms with Gasteiger partial charge in [0.1, 0.15) is 0 Å². The van der Waals surface area contributed by atoms with Crippen molar-refractivity contribution in [3.63, 3.8) is 0 Å². The summed E-state index contributed by atoms with van der Waals surface area (Å²) in [5.41, 5.74) is 1.06. The van der Waals surface area contributed by atoms with Crippen molar-refractivity contribution in [2.45, 2.75) is 18.8 Å². The van der Waals surface area contributed by atoms with Crippen LogP contribution in [0.5, 0.6) is 0 Å². The lowest BCUT2D eigenvalue weighted by Crippen LogP contribution is -2.19. The van der Waals surface area contributed by atoms with Gasteiger partial charge in [0.2, 0.25) is 0 Å². The average Bonchev–Trinajstić information content (AvgIpc) is 2.71. The Kier molecular flexibility index (Phi) is 2.47. The smallest absolute Gasteiger partial charge is 0.177 e. The molecule has 0 bridgehead atoms. The van der Waals surface area contributed by atoms with E-state index in [-0.39, 0.29) is 12.4 Å². The molecule has 0 saturated carbocycles. The molecule has 3 nitrogen and oxygen atoms in total. The number of hydrogen-bond acceptors (Lipinski definition) is 3. The van der Waals surface area contributed by atoms with Gasteiger partial charge in [-0.2, -0.15) is 0 Å². The fourth-order valence-electron chi connectivity index (χ4n) is 1.38. The van der Waals surface area contributed by atoms with E-state index in [2.05, 4.69) is 6.08 Å². The molecule has 2 atom stereocenters. The second kappa shape index (κ2) is 3.77. The summed E-state index contributed by atoms with van der Waals surface area (Å²) in [5.74, 6) is 0. The summed E-state index contributed by atoms with van der Waals surface area (Å²) in [7, 11) is 1.63. The van der Waals surface area contributed by atoms with Crippen molar-refractivity contribution in [1.82, 2.24) is 0 Å². The minimum atomic E-state index is -0.228. The number of hydrogen-bond donors (Lipinski definition) is 0. The molecular weight excluding hydrogens is 168 g/mol. The molecule has 0 amide bonds. The molecule has 1 aromatic rings. The number of furan rings is 1. The van der Waals surface area contributed by atoms with Crippen LogP contribution in [0.25, 0.3) is 0 Å². The van der Waals surface area contributed by atoms with Crippen LogP contribution in [0.2, 0.25) is 0 Å². The van der Waals surface area contributed by atoms with E-state index in [0.29, 0.717) is 0 Å². The topological polar surface area (TPSA) is 31.6 Å². The second-order valence-electron chi connectivity index (χ2n) is 2.95. The van der Waals surface area contributed by atoms with Crippen LogP contribution >= 0.6 is 0 Å². The van der Waals surface area contributed by atoms with Crippen molar-refractivity contribution >= 4 is 0 Å². The summed E-state index contributed by atoms with van der Waals surface area (Å²) in [6.45, 7) is 0. The van der Waals surface area contributed by atoms with Crippen LogP contribution in [0.3, 0.4) is 0 Å². The molecule has 0 aliphatic carbocycles. The molecule has 1 unspecified atom stereocenters. The highest BCUT2D eigenvalue weighted by atomic mass is 16.7. The molecule has 0 spiro atoms. The van der Waals surface area contributed by atoms with Crippen LogP contribution in [0, 0.1) is 0 Å². The zero-order chi connectivity index (χ0) is 9.10. The predicted octanol–water partition coefficient (Wildman–Crippen LogP) is 2.27. The van der Waals surface area contributed by atoms with Crippen molar-refractivity contribution in [3.05, 3.63) is 36.3 Å². The van der Waals surface area contributed by atoms with Gasteiger partial charge in [-0.1, -0.05) is 6.08 Å². The Hall–Kier alpha value is -1.06. The summed E-state index contributed by atoms with van der Waals surface area (Å²) in [5, 5.41) is 0. The Balaban J connectivity index is 2.07. The van der Waals surface area contributed by atoms with Gasteiger partial charge < -0.3 is 13.9 Å². The molecule has 13 heavy (non-hydrogen) atoms. The lowest BCUT2D eigenvalue weighted by Gasteiger charge is -2.23. The van der Waals surface area contributed by atoms with E-state index in [1.54, 1.807) is 19.6 Å². The lowest BCUT2D eigenvalue weighted by molar-refractivity contribution is -0.133. The Labute approximate surface area is 76.9 Å². The molecule has 0 saturated heterocycles. The van der Waals surface area contributed by atoms with Gasteiger partial charge in [-0.05, 0) is 18.6 Å². The van der Waals surface area contributed by atoms with Gasteiger partial charge in [-0.25, -0.2) is 0 Å². The quantitative estimate of drug-likeness (QED) is 0.654. The third-order valence-electron chi connectivity index (χ3n) is 2.09. The average molecular weight is 180 g/mol. The zero-order valence-electron chi connectivity index (χ0n) is 7.47. The zero-order valence-corrected chi connectivity index (χ0v) is 7.47. The highest BCUT2D eigenvalue weighted by molar-refractivity contribution is 5.12. The largest absolute Gasteiger partial charge is 0.472 e. The lowest BCUT2D eigenvalue weighted by atomic mass is 10.1. The number of methoxy groups -OCH3 is 1. The monoisotopic (exact) mass is 180 g/mol. The fourth-order valence-corrected chi connectivity index (χ4v) is 1.38. The van der Waals surface area contributed by atoms with Crippen molar-refractivity contribution in [2.75, 3.05) is 7.11 Å². The Morgan fingerprint density at radius 2 is 2.46 bits per heavy atom. The third-order valence-corrected chi connectivity index (χ3v) is 2.09. The highest BCUT2D eigenvalue weighted by Gasteiger charge is 2.19. The summed E-state index contributed by atoms with van der Waals surface area (Å²) < 4.78 is 15.7. The van der Waals surface area contributed by atoms with E-state index in [0.717, 1.165) is 12.0 Å². The van der Waals surface area contributed by atoms with Crippen molar-refractivity contribution in [3.8, 4) is 0 Å². The molecule has 2 rings (SSSR count). The normalized spacial score (nSPS) is 27.8. The minimum absolute atomic E-state index is 0.0636. The predicted molar refractivity (Wildman–Crippen MR) is 47.1 cm³/mol. The molecule has 3 heteroatoms. The standard InChI is InChI=1S/C10H12O3/c1-11-10-4-2-3-9(13-10)8-5-6-12-7-8/h2,4-7,9-10H,3H2,1H3/t9-,10?/m0/s1. The molecule has 0 aromatic carbocycles. The number of ether oxygens (including phenoxy) is 2. The Bertz CT molecular complexity index is 276.